The molecule has 20 heavy (non-hydrogen) atoms. The fourth-order valence-electron chi connectivity index (χ4n) is 2.78. The molecule has 0 amide bonds. The minimum absolute atomic E-state index is 0.186. The molecular weight excluding hydrogens is 258 g/mol. The van der Waals surface area contributed by atoms with E-state index in [2.05, 4.69) is 10.3 Å². The number of nitrogens with one attached hydrogen (secondary N) is 1. The maximum absolute atomic E-state index is 12.2. The molecule has 1 aromatic rings. The van der Waals surface area contributed by atoms with Crippen molar-refractivity contribution in [3.8, 4) is 0 Å². The number of aliphatic carboxylic acids is 1. The summed E-state index contributed by atoms with van der Waals surface area (Å²) >= 11 is 0. The maximum atomic E-state index is 12.2. The SMILES string of the molecule is CCCn1ccnc(NC2CCCC2(C)C(=O)O)c1=O. The van der Waals surface area contributed by atoms with Crippen LogP contribution in [0.2, 0.25) is 0 Å². The van der Waals surface area contributed by atoms with Crippen molar-refractivity contribution in [1.82, 2.24) is 9.55 Å². The van der Waals surface area contributed by atoms with E-state index in [9.17, 15) is 14.7 Å². The summed E-state index contributed by atoms with van der Waals surface area (Å²) < 4.78 is 1.60. The summed E-state index contributed by atoms with van der Waals surface area (Å²) in [5, 5.41) is 12.4. The first-order valence-electron chi connectivity index (χ1n) is 7.04. The van der Waals surface area contributed by atoms with Gasteiger partial charge in [-0.15, -0.1) is 0 Å². The second-order valence-corrected chi connectivity index (χ2v) is 5.59. The Kier molecular flexibility index (Phi) is 4.11. The minimum Gasteiger partial charge on any atom is -0.481 e. The van der Waals surface area contributed by atoms with E-state index in [-0.39, 0.29) is 17.4 Å². The predicted octanol–water partition coefficient (Wildman–Crippen LogP) is 1.71. The van der Waals surface area contributed by atoms with Gasteiger partial charge in [0, 0.05) is 25.0 Å². The monoisotopic (exact) mass is 279 g/mol. The average molecular weight is 279 g/mol. The molecule has 0 spiro atoms. The Labute approximate surface area is 117 Å². The first-order valence-corrected chi connectivity index (χ1v) is 7.04. The third kappa shape index (κ3) is 2.55. The molecule has 2 unspecified atom stereocenters. The van der Waals surface area contributed by atoms with Crippen molar-refractivity contribution in [2.75, 3.05) is 5.32 Å². The molecule has 110 valence electrons. The highest BCUT2D eigenvalue weighted by molar-refractivity contribution is 5.76. The third-order valence-electron chi connectivity index (χ3n) is 4.14. The number of rotatable bonds is 5. The Morgan fingerprint density at radius 3 is 3.05 bits per heavy atom. The highest BCUT2D eigenvalue weighted by Crippen LogP contribution is 2.39. The van der Waals surface area contributed by atoms with E-state index in [1.165, 1.54) is 0 Å². The van der Waals surface area contributed by atoms with Gasteiger partial charge < -0.3 is 15.0 Å². The third-order valence-corrected chi connectivity index (χ3v) is 4.14. The first-order chi connectivity index (χ1) is 9.49. The molecule has 2 N–H and O–H groups in total. The molecule has 1 saturated carbocycles. The summed E-state index contributed by atoms with van der Waals surface area (Å²) in [6.45, 7) is 4.36. The zero-order chi connectivity index (χ0) is 14.8. The quantitative estimate of drug-likeness (QED) is 0.857. The van der Waals surface area contributed by atoms with Crippen molar-refractivity contribution >= 4 is 11.8 Å². The van der Waals surface area contributed by atoms with Gasteiger partial charge in [0.25, 0.3) is 5.56 Å². The Balaban J connectivity index is 2.24. The Morgan fingerprint density at radius 2 is 2.40 bits per heavy atom. The van der Waals surface area contributed by atoms with E-state index < -0.39 is 11.4 Å². The molecule has 0 saturated heterocycles. The number of aryl methyl sites for hydroxylation is 1. The van der Waals surface area contributed by atoms with Crippen LogP contribution in [0, 0.1) is 5.41 Å². The van der Waals surface area contributed by atoms with E-state index in [4.69, 9.17) is 0 Å². The van der Waals surface area contributed by atoms with Crippen LogP contribution in [0.4, 0.5) is 5.82 Å². The molecule has 1 heterocycles. The lowest BCUT2D eigenvalue weighted by Crippen LogP contribution is -2.42. The van der Waals surface area contributed by atoms with Crippen LogP contribution in [0.5, 0.6) is 0 Å². The van der Waals surface area contributed by atoms with Crippen molar-refractivity contribution in [3.05, 3.63) is 22.7 Å². The van der Waals surface area contributed by atoms with Gasteiger partial charge in [0.1, 0.15) is 0 Å². The molecule has 1 aromatic heterocycles. The fourth-order valence-corrected chi connectivity index (χ4v) is 2.78. The number of carboxylic acids is 1. The van der Waals surface area contributed by atoms with Crippen LogP contribution < -0.4 is 10.9 Å². The lowest BCUT2D eigenvalue weighted by Gasteiger charge is -2.27. The van der Waals surface area contributed by atoms with Gasteiger partial charge in [-0.1, -0.05) is 13.3 Å². The number of hydrogen-bond donors (Lipinski definition) is 2. The Bertz CT molecular complexity index is 555. The van der Waals surface area contributed by atoms with Crippen LogP contribution in [0.25, 0.3) is 0 Å². The van der Waals surface area contributed by atoms with Crippen molar-refractivity contribution < 1.29 is 9.90 Å². The van der Waals surface area contributed by atoms with Crippen LogP contribution in [-0.4, -0.2) is 26.7 Å². The number of anilines is 1. The lowest BCUT2D eigenvalue weighted by molar-refractivity contribution is -0.147. The van der Waals surface area contributed by atoms with Crippen molar-refractivity contribution in [2.24, 2.45) is 5.41 Å². The largest absolute Gasteiger partial charge is 0.481 e. The number of nitrogens with zero attached hydrogens (tertiary/aromatic N) is 2. The molecule has 6 heteroatoms. The standard InChI is InChI=1S/C14H21N3O3/c1-3-8-17-9-7-15-11(12(17)18)16-10-5-4-6-14(10,2)13(19)20/h7,9-10H,3-6,8H2,1-2H3,(H,15,16)(H,19,20). The zero-order valence-electron chi connectivity index (χ0n) is 11.9. The highest BCUT2D eigenvalue weighted by atomic mass is 16.4. The number of carboxylic acid groups (broad SMARTS) is 1. The Hall–Kier alpha value is -1.85. The smallest absolute Gasteiger partial charge is 0.311 e. The van der Waals surface area contributed by atoms with Crippen molar-refractivity contribution in [2.45, 2.75) is 52.1 Å². The van der Waals surface area contributed by atoms with E-state index >= 15 is 0 Å². The normalized spacial score (nSPS) is 25.6. The van der Waals surface area contributed by atoms with Gasteiger partial charge in [0.05, 0.1) is 5.41 Å². The van der Waals surface area contributed by atoms with E-state index in [0.29, 0.717) is 13.0 Å². The molecule has 6 nitrogen and oxygen atoms in total. The van der Waals surface area contributed by atoms with Crippen LogP contribution in [-0.2, 0) is 11.3 Å². The zero-order valence-corrected chi connectivity index (χ0v) is 11.9. The van der Waals surface area contributed by atoms with Crippen LogP contribution in [0.1, 0.15) is 39.5 Å². The van der Waals surface area contributed by atoms with Gasteiger partial charge in [-0.2, -0.15) is 0 Å². The number of aromatic nitrogens is 2. The molecular formula is C14H21N3O3. The van der Waals surface area contributed by atoms with Crippen molar-refractivity contribution in [3.63, 3.8) is 0 Å². The van der Waals surface area contributed by atoms with Gasteiger partial charge >= 0.3 is 5.97 Å². The van der Waals surface area contributed by atoms with Gasteiger partial charge in [-0.25, -0.2) is 4.98 Å². The van der Waals surface area contributed by atoms with Gasteiger partial charge in [0.2, 0.25) is 0 Å². The average Bonchev–Trinajstić information content (AvgIpc) is 2.77. The summed E-state index contributed by atoms with van der Waals surface area (Å²) in [5.74, 6) is -0.572. The molecule has 0 bridgehead atoms. The molecule has 2 atom stereocenters. The van der Waals surface area contributed by atoms with Gasteiger partial charge in [-0.3, -0.25) is 9.59 Å². The minimum atomic E-state index is -0.834. The number of carbonyl (C=O) groups is 1. The van der Waals surface area contributed by atoms with Crippen LogP contribution in [0.3, 0.4) is 0 Å². The molecule has 1 fully saturated rings. The summed E-state index contributed by atoms with van der Waals surface area (Å²) in [6.07, 6.45) is 6.30. The lowest BCUT2D eigenvalue weighted by atomic mass is 9.85. The summed E-state index contributed by atoms with van der Waals surface area (Å²) in [7, 11) is 0. The van der Waals surface area contributed by atoms with E-state index in [1.807, 2.05) is 6.92 Å². The summed E-state index contributed by atoms with van der Waals surface area (Å²) in [4.78, 5) is 27.7. The topological polar surface area (TPSA) is 84.2 Å². The first kappa shape index (κ1) is 14.6. The van der Waals surface area contributed by atoms with E-state index in [1.54, 1.807) is 23.9 Å². The predicted molar refractivity (Wildman–Crippen MR) is 75.8 cm³/mol. The molecule has 0 aromatic carbocycles. The molecule has 2 rings (SSSR count). The molecule has 1 aliphatic rings. The fraction of sp³-hybridized carbons (Fsp3) is 0.643. The van der Waals surface area contributed by atoms with Gasteiger partial charge in [-0.05, 0) is 26.2 Å². The van der Waals surface area contributed by atoms with E-state index in [0.717, 1.165) is 19.3 Å². The summed E-state index contributed by atoms with van der Waals surface area (Å²) in [6, 6.07) is -0.252. The molecule has 0 radical (unpaired) electrons. The molecule has 1 aliphatic carbocycles. The second-order valence-electron chi connectivity index (χ2n) is 5.59. The van der Waals surface area contributed by atoms with Crippen LogP contribution >= 0.6 is 0 Å². The maximum Gasteiger partial charge on any atom is 0.311 e. The van der Waals surface area contributed by atoms with Crippen molar-refractivity contribution in [1.29, 1.82) is 0 Å². The Morgan fingerprint density at radius 1 is 1.65 bits per heavy atom. The highest BCUT2D eigenvalue weighted by Gasteiger charge is 2.45. The number of hydrogen-bond acceptors (Lipinski definition) is 4. The van der Waals surface area contributed by atoms with Crippen LogP contribution in [0.15, 0.2) is 17.2 Å². The summed E-state index contributed by atoms with van der Waals surface area (Å²) in [5.41, 5.74) is -1.02. The second kappa shape index (κ2) is 5.64. The molecule has 0 aliphatic heterocycles. The van der Waals surface area contributed by atoms with Gasteiger partial charge in [0.15, 0.2) is 5.82 Å².